The number of fused-ring (bicyclic) bond motifs is 1. The van der Waals surface area contributed by atoms with Gasteiger partial charge in [-0.1, -0.05) is 44.2 Å². The van der Waals surface area contributed by atoms with Crippen LogP contribution in [-0.4, -0.2) is 61.0 Å². The van der Waals surface area contributed by atoms with Crippen molar-refractivity contribution in [1.29, 1.82) is 0 Å². The van der Waals surface area contributed by atoms with E-state index >= 15 is 0 Å². The summed E-state index contributed by atoms with van der Waals surface area (Å²) >= 11 is 1.72. The molecule has 7 heteroatoms. The van der Waals surface area contributed by atoms with Crippen molar-refractivity contribution in [2.45, 2.75) is 45.4 Å². The highest BCUT2D eigenvalue weighted by Gasteiger charge is 2.32. The number of nitrogens with one attached hydrogen (secondary N) is 1. The molecule has 1 aromatic carbocycles. The molecule has 2 fully saturated rings. The monoisotopic (exact) mass is 491 g/mol. The summed E-state index contributed by atoms with van der Waals surface area (Å²) in [5.74, 6) is 2.83. The van der Waals surface area contributed by atoms with Gasteiger partial charge in [0.25, 0.3) is 0 Å². The summed E-state index contributed by atoms with van der Waals surface area (Å²) in [4.78, 5) is 28.7. The van der Waals surface area contributed by atoms with Crippen LogP contribution in [0.2, 0.25) is 0 Å². The molecule has 1 saturated carbocycles. The topological polar surface area (TPSA) is 61.4 Å². The van der Waals surface area contributed by atoms with Gasteiger partial charge in [-0.2, -0.15) is 0 Å². The molecule has 35 heavy (non-hydrogen) atoms. The average molecular weight is 492 g/mol. The minimum absolute atomic E-state index is 0.0540. The number of piperidine rings is 1. The van der Waals surface area contributed by atoms with Gasteiger partial charge >= 0.3 is 0 Å². The molecule has 186 valence electrons. The van der Waals surface area contributed by atoms with Crippen LogP contribution in [0.3, 0.4) is 0 Å². The molecule has 0 unspecified atom stereocenters. The third-order valence-corrected chi connectivity index (χ3v) is 7.98. The van der Waals surface area contributed by atoms with Gasteiger partial charge in [0.15, 0.2) is 0 Å². The molecule has 2 aliphatic rings. The Balaban J connectivity index is 1.33. The lowest BCUT2D eigenvalue weighted by Gasteiger charge is -2.34. The Hall–Kier alpha value is -2.51. The highest BCUT2D eigenvalue weighted by atomic mass is 32.1. The van der Waals surface area contributed by atoms with Crippen LogP contribution in [0.15, 0.2) is 35.7 Å². The second-order valence-electron chi connectivity index (χ2n) is 11.3. The van der Waals surface area contributed by atoms with E-state index in [0.717, 1.165) is 48.9 Å². The van der Waals surface area contributed by atoms with Crippen LogP contribution in [0.4, 0.5) is 5.82 Å². The molecule has 3 aromatic rings. The van der Waals surface area contributed by atoms with Crippen molar-refractivity contribution in [3.8, 4) is 11.1 Å². The van der Waals surface area contributed by atoms with Gasteiger partial charge in [0.2, 0.25) is 5.91 Å². The van der Waals surface area contributed by atoms with Crippen molar-refractivity contribution in [1.82, 2.24) is 20.2 Å². The molecule has 0 bridgehead atoms. The summed E-state index contributed by atoms with van der Waals surface area (Å²) in [6, 6.07) is 10.5. The van der Waals surface area contributed by atoms with Crippen LogP contribution in [0.25, 0.3) is 21.3 Å². The minimum atomic E-state index is 0.0540. The summed E-state index contributed by atoms with van der Waals surface area (Å²) in [6.45, 7) is 7.76. The van der Waals surface area contributed by atoms with Crippen LogP contribution in [-0.2, 0) is 4.79 Å². The maximum atomic E-state index is 13.0. The van der Waals surface area contributed by atoms with Gasteiger partial charge in [0, 0.05) is 49.0 Å². The predicted octanol–water partition coefficient (Wildman–Crippen LogP) is 5.16. The number of rotatable bonds is 8. The SMILES string of the molecule is CN(C)CC(C)(C)CNC(=O)C1CCN(c2nc(C3CC3)nc3scc(-c4ccccc4)c23)CC1. The first-order chi connectivity index (χ1) is 16.8. The van der Waals surface area contributed by atoms with E-state index in [4.69, 9.17) is 9.97 Å². The van der Waals surface area contributed by atoms with E-state index in [9.17, 15) is 4.79 Å². The molecule has 2 aromatic heterocycles. The molecule has 6 nitrogen and oxygen atoms in total. The molecular formula is C28H37N5OS. The van der Waals surface area contributed by atoms with Crippen molar-refractivity contribution < 1.29 is 4.79 Å². The number of carbonyl (C=O) groups excluding carboxylic acids is 1. The van der Waals surface area contributed by atoms with Gasteiger partial charge in [-0.3, -0.25) is 4.79 Å². The van der Waals surface area contributed by atoms with Crippen molar-refractivity contribution in [3.63, 3.8) is 0 Å². The first-order valence-electron chi connectivity index (χ1n) is 12.8. The number of amides is 1. The fourth-order valence-corrected chi connectivity index (χ4v) is 6.21. The fourth-order valence-electron chi connectivity index (χ4n) is 5.26. The largest absolute Gasteiger partial charge is 0.356 e. The number of hydrogen-bond donors (Lipinski definition) is 1. The smallest absolute Gasteiger partial charge is 0.223 e. The first-order valence-corrected chi connectivity index (χ1v) is 13.7. The maximum absolute atomic E-state index is 13.0. The number of benzene rings is 1. The molecule has 3 heterocycles. The second kappa shape index (κ2) is 9.86. The highest BCUT2D eigenvalue weighted by Crippen LogP contribution is 2.44. The van der Waals surface area contributed by atoms with Crippen LogP contribution >= 0.6 is 11.3 Å². The number of carbonyl (C=O) groups is 1. The van der Waals surface area contributed by atoms with Gasteiger partial charge in [-0.05, 0) is 50.8 Å². The lowest BCUT2D eigenvalue weighted by atomic mass is 9.91. The molecule has 1 N–H and O–H groups in total. The van der Waals surface area contributed by atoms with E-state index in [2.05, 4.69) is 78.8 Å². The van der Waals surface area contributed by atoms with Gasteiger partial charge in [-0.15, -0.1) is 11.3 Å². The molecule has 1 aliphatic carbocycles. The lowest BCUT2D eigenvalue weighted by molar-refractivity contribution is -0.126. The van der Waals surface area contributed by atoms with Crippen LogP contribution in [0, 0.1) is 11.3 Å². The van der Waals surface area contributed by atoms with E-state index in [0.29, 0.717) is 12.5 Å². The third kappa shape index (κ3) is 5.51. The lowest BCUT2D eigenvalue weighted by Crippen LogP contribution is -2.45. The zero-order valence-corrected chi connectivity index (χ0v) is 22.2. The number of aromatic nitrogens is 2. The number of nitrogens with zero attached hydrogens (tertiary/aromatic N) is 4. The molecular weight excluding hydrogens is 454 g/mol. The molecule has 0 radical (unpaired) electrons. The Morgan fingerprint density at radius 3 is 2.49 bits per heavy atom. The summed E-state index contributed by atoms with van der Waals surface area (Å²) in [6.07, 6.45) is 4.09. The van der Waals surface area contributed by atoms with Crippen molar-refractivity contribution in [2.24, 2.45) is 11.3 Å². The van der Waals surface area contributed by atoms with Crippen molar-refractivity contribution in [2.75, 3.05) is 45.2 Å². The van der Waals surface area contributed by atoms with E-state index in [-0.39, 0.29) is 17.2 Å². The van der Waals surface area contributed by atoms with E-state index in [1.54, 1.807) is 11.3 Å². The molecule has 0 atom stereocenters. The Bertz CT molecular complexity index is 1180. The molecule has 5 rings (SSSR count). The number of thiophene rings is 1. The zero-order chi connectivity index (χ0) is 24.6. The van der Waals surface area contributed by atoms with Crippen molar-refractivity contribution >= 4 is 33.3 Å². The number of hydrogen-bond acceptors (Lipinski definition) is 6. The van der Waals surface area contributed by atoms with Crippen LogP contribution < -0.4 is 10.2 Å². The summed E-state index contributed by atoms with van der Waals surface area (Å²) in [5.41, 5.74) is 2.47. The van der Waals surface area contributed by atoms with Crippen molar-refractivity contribution in [3.05, 3.63) is 41.5 Å². The normalized spacial score (nSPS) is 17.3. The summed E-state index contributed by atoms with van der Waals surface area (Å²) < 4.78 is 0. The van der Waals surface area contributed by atoms with E-state index < -0.39 is 0 Å². The quantitative estimate of drug-likeness (QED) is 0.472. The maximum Gasteiger partial charge on any atom is 0.223 e. The molecule has 0 spiro atoms. The zero-order valence-electron chi connectivity index (χ0n) is 21.4. The molecule has 1 amide bonds. The van der Waals surface area contributed by atoms with Gasteiger partial charge in [0.05, 0.1) is 5.39 Å². The highest BCUT2D eigenvalue weighted by molar-refractivity contribution is 7.17. The van der Waals surface area contributed by atoms with E-state index in [1.165, 1.54) is 29.4 Å². The van der Waals surface area contributed by atoms with Crippen LogP contribution in [0.5, 0.6) is 0 Å². The minimum Gasteiger partial charge on any atom is -0.356 e. The average Bonchev–Trinajstić information content (AvgIpc) is 3.61. The van der Waals surface area contributed by atoms with Gasteiger partial charge in [0.1, 0.15) is 16.5 Å². The molecule has 1 saturated heterocycles. The third-order valence-electron chi connectivity index (χ3n) is 7.11. The fraction of sp³-hybridized carbons (Fsp3) is 0.536. The van der Waals surface area contributed by atoms with E-state index in [1.807, 2.05) is 0 Å². The number of anilines is 1. The Kier molecular flexibility index (Phi) is 6.82. The Morgan fingerprint density at radius 2 is 1.83 bits per heavy atom. The summed E-state index contributed by atoms with van der Waals surface area (Å²) in [7, 11) is 4.16. The summed E-state index contributed by atoms with van der Waals surface area (Å²) in [5, 5.41) is 6.63. The molecule has 1 aliphatic heterocycles. The van der Waals surface area contributed by atoms with Gasteiger partial charge < -0.3 is 15.1 Å². The Labute approximate surface area is 212 Å². The standard InChI is InChI=1S/C28H37N5OS/c1-28(2,18-32(3)4)17-29-26(34)21-12-14-33(15-13-21)25-23-22(19-8-6-5-7-9-19)16-35-27(23)31-24(30-25)20-10-11-20/h5-9,16,20-21H,10-15,17-18H2,1-4H3,(H,29,34). The second-order valence-corrected chi connectivity index (χ2v) is 12.1. The Morgan fingerprint density at radius 1 is 1.11 bits per heavy atom. The predicted molar refractivity (Wildman–Crippen MR) is 145 cm³/mol. The first kappa shape index (κ1) is 24.2. The van der Waals surface area contributed by atoms with Crippen LogP contribution in [0.1, 0.15) is 51.3 Å². The van der Waals surface area contributed by atoms with Gasteiger partial charge in [-0.25, -0.2) is 9.97 Å².